The lowest BCUT2D eigenvalue weighted by molar-refractivity contribution is 0.353. The van der Waals surface area contributed by atoms with Gasteiger partial charge in [-0.3, -0.25) is 4.98 Å². The van der Waals surface area contributed by atoms with Crippen LogP contribution in [0.15, 0.2) is 27.3 Å². The van der Waals surface area contributed by atoms with Crippen molar-refractivity contribution in [1.29, 1.82) is 0 Å². The third-order valence-electron chi connectivity index (χ3n) is 3.22. The fourth-order valence-electron chi connectivity index (χ4n) is 2.25. The van der Waals surface area contributed by atoms with Gasteiger partial charge < -0.3 is 10.3 Å². The summed E-state index contributed by atoms with van der Waals surface area (Å²) in [6.45, 7) is 0. The van der Waals surface area contributed by atoms with Crippen molar-refractivity contribution in [2.24, 2.45) is 5.73 Å². The molecule has 2 unspecified atom stereocenters. The van der Waals surface area contributed by atoms with E-state index in [0.29, 0.717) is 17.6 Å². The van der Waals surface area contributed by atoms with Crippen LogP contribution in [0.25, 0.3) is 11.5 Å². The second-order valence-electron chi connectivity index (χ2n) is 4.59. The van der Waals surface area contributed by atoms with Gasteiger partial charge >= 0.3 is 0 Å². The average molecular weight is 309 g/mol. The largest absolute Gasteiger partial charge is 0.339 e. The molecule has 2 aromatic heterocycles. The minimum absolute atomic E-state index is 0.260. The van der Waals surface area contributed by atoms with Crippen LogP contribution in [0.1, 0.15) is 31.1 Å². The van der Waals surface area contributed by atoms with Gasteiger partial charge in [0.1, 0.15) is 5.69 Å². The Bertz CT molecular complexity index is 539. The summed E-state index contributed by atoms with van der Waals surface area (Å²) in [4.78, 5) is 8.66. The van der Waals surface area contributed by atoms with Gasteiger partial charge in [-0.2, -0.15) is 4.98 Å². The topological polar surface area (TPSA) is 77.8 Å². The third kappa shape index (κ3) is 2.30. The zero-order chi connectivity index (χ0) is 12.5. The first-order valence-electron chi connectivity index (χ1n) is 5.93. The lowest BCUT2D eigenvalue weighted by Crippen LogP contribution is -2.14. The summed E-state index contributed by atoms with van der Waals surface area (Å²) in [5, 5.41) is 3.98. The number of pyridine rings is 1. The number of rotatable bonds is 2. The summed E-state index contributed by atoms with van der Waals surface area (Å²) in [6.07, 6.45) is 4.70. The number of hydrogen-bond donors (Lipinski definition) is 1. The Kier molecular flexibility index (Phi) is 3.13. The second kappa shape index (κ2) is 4.78. The van der Waals surface area contributed by atoms with Gasteiger partial charge in [-0.05, 0) is 47.3 Å². The molecule has 0 saturated heterocycles. The average Bonchev–Trinajstić information content (AvgIpc) is 2.98. The van der Waals surface area contributed by atoms with Crippen LogP contribution in [0.3, 0.4) is 0 Å². The fraction of sp³-hybridized carbons (Fsp3) is 0.417. The van der Waals surface area contributed by atoms with E-state index in [4.69, 9.17) is 10.3 Å². The number of nitrogens with two attached hydrogens (primary N) is 1. The first-order chi connectivity index (χ1) is 8.72. The molecule has 1 aliphatic carbocycles. The summed E-state index contributed by atoms with van der Waals surface area (Å²) in [7, 11) is 0. The van der Waals surface area contributed by atoms with E-state index >= 15 is 0 Å². The Morgan fingerprint density at radius 1 is 1.33 bits per heavy atom. The van der Waals surface area contributed by atoms with Gasteiger partial charge in [0, 0.05) is 22.6 Å². The van der Waals surface area contributed by atoms with E-state index in [1.807, 2.05) is 12.1 Å². The molecule has 0 spiro atoms. The third-order valence-corrected chi connectivity index (χ3v) is 3.69. The molecule has 3 rings (SSSR count). The van der Waals surface area contributed by atoms with E-state index < -0.39 is 0 Å². The smallest absolute Gasteiger partial charge is 0.230 e. The van der Waals surface area contributed by atoms with Crippen molar-refractivity contribution in [3.8, 4) is 11.5 Å². The summed E-state index contributed by atoms with van der Waals surface area (Å²) in [5.74, 6) is 1.53. The number of nitrogens with zero attached hydrogens (tertiary/aromatic N) is 3. The first kappa shape index (κ1) is 11.8. The molecule has 2 atom stereocenters. The maximum absolute atomic E-state index is 5.89. The van der Waals surface area contributed by atoms with Crippen molar-refractivity contribution in [3.63, 3.8) is 0 Å². The van der Waals surface area contributed by atoms with Crippen LogP contribution < -0.4 is 5.73 Å². The zero-order valence-corrected chi connectivity index (χ0v) is 11.3. The molecule has 2 N–H and O–H groups in total. The predicted octanol–water partition coefficient (Wildman–Crippen LogP) is 2.49. The molecule has 1 aliphatic rings. The summed E-state index contributed by atoms with van der Waals surface area (Å²) in [6, 6.07) is 4.03. The molecule has 2 aromatic rings. The predicted molar refractivity (Wildman–Crippen MR) is 69.8 cm³/mol. The van der Waals surface area contributed by atoms with Crippen LogP contribution in [-0.4, -0.2) is 21.2 Å². The normalized spacial score (nSPS) is 23.4. The highest BCUT2D eigenvalue weighted by molar-refractivity contribution is 9.10. The van der Waals surface area contributed by atoms with Crippen LogP contribution in [0.5, 0.6) is 0 Å². The maximum Gasteiger partial charge on any atom is 0.230 e. The van der Waals surface area contributed by atoms with Crippen molar-refractivity contribution in [2.75, 3.05) is 0 Å². The van der Waals surface area contributed by atoms with E-state index in [-0.39, 0.29) is 6.04 Å². The Morgan fingerprint density at radius 3 is 2.89 bits per heavy atom. The van der Waals surface area contributed by atoms with Gasteiger partial charge in [0.2, 0.25) is 11.7 Å². The lowest BCUT2D eigenvalue weighted by Gasteiger charge is -2.01. The minimum Gasteiger partial charge on any atom is -0.339 e. The highest BCUT2D eigenvalue weighted by atomic mass is 79.9. The van der Waals surface area contributed by atoms with Gasteiger partial charge in [0.15, 0.2) is 0 Å². The van der Waals surface area contributed by atoms with Crippen molar-refractivity contribution in [2.45, 2.75) is 31.2 Å². The van der Waals surface area contributed by atoms with Gasteiger partial charge in [0.05, 0.1) is 0 Å². The quantitative estimate of drug-likeness (QED) is 0.922. The molecular formula is C12H13BrN4O. The molecule has 0 bridgehead atoms. The molecule has 5 nitrogen and oxygen atoms in total. The molecule has 0 radical (unpaired) electrons. The summed E-state index contributed by atoms with van der Waals surface area (Å²) >= 11 is 3.34. The van der Waals surface area contributed by atoms with Crippen molar-refractivity contribution < 1.29 is 4.52 Å². The van der Waals surface area contributed by atoms with Crippen LogP contribution in [0, 0.1) is 0 Å². The lowest BCUT2D eigenvalue weighted by atomic mass is 10.1. The van der Waals surface area contributed by atoms with Gasteiger partial charge in [-0.25, -0.2) is 0 Å². The van der Waals surface area contributed by atoms with Crippen LogP contribution >= 0.6 is 15.9 Å². The van der Waals surface area contributed by atoms with Crippen LogP contribution in [0.2, 0.25) is 0 Å². The Labute approximate surface area is 113 Å². The second-order valence-corrected chi connectivity index (χ2v) is 5.50. The summed E-state index contributed by atoms with van der Waals surface area (Å²) < 4.78 is 6.24. The Morgan fingerprint density at radius 2 is 2.22 bits per heavy atom. The summed E-state index contributed by atoms with van der Waals surface area (Å²) in [5.41, 5.74) is 6.61. The SMILES string of the molecule is NC1CCC(c2nc(-c3ccc(Br)cn3)no2)C1. The van der Waals surface area contributed by atoms with E-state index in [1.54, 1.807) is 6.20 Å². The first-order valence-corrected chi connectivity index (χ1v) is 6.73. The maximum atomic E-state index is 5.89. The Balaban J connectivity index is 1.83. The molecule has 1 saturated carbocycles. The number of aromatic nitrogens is 3. The standard InChI is InChI=1S/C12H13BrN4O/c13-8-2-4-10(15-6-8)11-16-12(18-17-11)7-1-3-9(14)5-7/h2,4,6-7,9H,1,3,5,14H2. The van der Waals surface area contributed by atoms with Crippen LogP contribution in [0.4, 0.5) is 0 Å². The minimum atomic E-state index is 0.260. The van der Waals surface area contributed by atoms with Crippen molar-refractivity contribution in [1.82, 2.24) is 15.1 Å². The zero-order valence-electron chi connectivity index (χ0n) is 9.71. The molecule has 2 heterocycles. The monoisotopic (exact) mass is 308 g/mol. The highest BCUT2D eigenvalue weighted by Gasteiger charge is 2.28. The van der Waals surface area contributed by atoms with E-state index in [1.165, 1.54) is 0 Å². The van der Waals surface area contributed by atoms with E-state index in [0.717, 1.165) is 29.4 Å². The molecule has 6 heteroatoms. The molecule has 0 aromatic carbocycles. The molecule has 0 aliphatic heterocycles. The van der Waals surface area contributed by atoms with Gasteiger partial charge in [-0.1, -0.05) is 5.16 Å². The van der Waals surface area contributed by atoms with Gasteiger partial charge in [-0.15, -0.1) is 0 Å². The molecule has 94 valence electrons. The van der Waals surface area contributed by atoms with Gasteiger partial charge in [0.25, 0.3) is 0 Å². The van der Waals surface area contributed by atoms with Crippen molar-refractivity contribution in [3.05, 3.63) is 28.7 Å². The molecule has 1 fully saturated rings. The van der Waals surface area contributed by atoms with Crippen molar-refractivity contribution >= 4 is 15.9 Å². The highest BCUT2D eigenvalue weighted by Crippen LogP contribution is 2.33. The van der Waals surface area contributed by atoms with Crippen LogP contribution in [-0.2, 0) is 0 Å². The molecule has 0 amide bonds. The number of hydrogen-bond acceptors (Lipinski definition) is 5. The van der Waals surface area contributed by atoms with E-state index in [2.05, 4.69) is 31.1 Å². The molecular weight excluding hydrogens is 296 g/mol. The molecule has 18 heavy (non-hydrogen) atoms. The Hall–Kier alpha value is -1.27. The fourth-order valence-corrected chi connectivity index (χ4v) is 2.49. The number of halogens is 1. The van der Waals surface area contributed by atoms with E-state index in [9.17, 15) is 0 Å².